The van der Waals surface area contributed by atoms with E-state index in [0.29, 0.717) is 47.2 Å². The number of carbonyl (C=O) groups excluding carboxylic acids is 2. The van der Waals surface area contributed by atoms with E-state index in [4.69, 9.17) is 21.1 Å². The summed E-state index contributed by atoms with van der Waals surface area (Å²) in [6.07, 6.45) is 0.699. The van der Waals surface area contributed by atoms with E-state index in [2.05, 4.69) is 18.7 Å². The summed E-state index contributed by atoms with van der Waals surface area (Å²) in [5.74, 6) is -0.543. The molecule has 1 amide bonds. The first-order chi connectivity index (χ1) is 16.9. The molecule has 2 aromatic carbocycles. The van der Waals surface area contributed by atoms with Crippen molar-refractivity contribution < 1.29 is 24.2 Å². The molecule has 0 saturated carbocycles. The van der Waals surface area contributed by atoms with Crippen molar-refractivity contribution in [2.24, 2.45) is 0 Å². The zero-order valence-electron chi connectivity index (χ0n) is 20.7. The van der Waals surface area contributed by atoms with Crippen LogP contribution in [-0.2, 0) is 9.59 Å². The number of carbonyl (C=O) groups is 2. The monoisotopic (exact) mass is 500 g/mol. The predicted molar refractivity (Wildman–Crippen MR) is 137 cm³/mol. The van der Waals surface area contributed by atoms with Crippen molar-refractivity contribution in [3.63, 3.8) is 0 Å². The quantitative estimate of drug-likeness (QED) is 0.268. The molecule has 1 aliphatic heterocycles. The number of rotatable bonds is 11. The molecule has 2 aromatic rings. The topological polar surface area (TPSA) is 79.3 Å². The smallest absolute Gasteiger partial charge is 0.295 e. The molecule has 0 bridgehead atoms. The Kier molecular flexibility index (Phi) is 9.18. The lowest BCUT2D eigenvalue weighted by atomic mass is 9.95. The number of aliphatic hydroxyl groups excluding tert-OH is 1. The maximum atomic E-state index is 13.2. The van der Waals surface area contributed by atoms with Crippen LogP contribution >= 0.6 is 11.6 Å². The van der Waals surface area contributed by atoms with E-state index in [-0.39, 0.29) is 11.3 Å². The van der Waals surface area contributed by atoms with Gasteiger partial charge in [0.25, 0.3) is 11.7 Å². The highest BCUT2D eigenvalue weighted by molar-refractivity contribution is 6.46. The lowest BCUT2D eigenvalue weighted by molar-refractivity contribution is -0.140. The van der Waals surface area contributed by atoms with Crippen LogP contribution in [0.5, 0.6) is 11.5 Å². The number of methoxy groups -OCH3 is 1. The summed E-state index contributed by atoms with van der Waals surface area (Å²) < 4.78 is 10.8. The molecular formula is C27H33ClN2O5. The van der Waals surface area contributed by atoms with Crippen LogP contribution in [0, 0.1) is 0 Å². The highest BCUT2D eigenvalue weighted by Gasteiger charge is 2.46. The van der Waals surface area contributed by atoms with E-state index < -0.39 is 17.7 Å². The summed E-state index contributed by atoms with van der Waals surface area (Å²) in [4.78, 5) is 30.2. The maximum absolute atomic E-state index is 13.2. The summed E-state index contributed by atoms with van der Waals surface area (Å²) in [6, 6.07) is 11.3. The minimum atomic E-state index is -0.743. The van der Waals surface area contributed by atoms with Gasteiger partial charge in [0.2, 0.25) is 0 Å². The number of ether oxygens (including phenoxy) is 2. The van der Waals surface area contributed by atoms with E-state index in [1.54, 1.807) is 42.3 Å². The van der Waals surface area contributed by atoms with E-state index in [0.717, 1.165) is 19.6 Å². The molecule has 0 aliphatic carbocycles. The van der Waals surface area contributed by atoms with Crippen molar-refractivity contribution in [2.45, 2.75) is 33.2 Å². The van der Waals surface area contributed by atoms with Crippen molar-refractivity contribution in [3.8, 4) is 11.5 Å². The molecule has 1 fully saturated rings. The molecule has 1 N–H and O–H groups in total. The van der Waals surface area contributed by atoms with Gasteiger partial charge in [-0.3, -0.25) is 9.59 Å². The van der Waals surface area contributed by atoms with Crippen molar-refractivity contribution in [1.29, 1.82) is 0 Å². The molecule has 35 heavy (non-hydrogen) atoms. The fourth-order valence-corrected chi connectivity index (χ4v) is 4.58. The molecule has 1 atom stereocenters. The molecular weight excluding hydrogens is 468 g/mol. The Morgan fingerprint density at radius 2 is 1.86 bits per heavy atom. The summed E-state index contributed by atoms with van der Waals surface area (Å²) >= 11 is 6.33. The molecule has 0 radical (unpaired) electrons. The number of Topliss-reactive ketones (excluding diaryl/α,β-unsaturated/α-hetero) is 1. The van der Waals surface area contributed by atoms with Gasteiger partial charge in [-0.25, -0.2) is 0 Å². The van der Waals surface area contributed by atoms with Crippen LogP contribution < -0.4 is 9.47 Å². The van der Waals surface area contributed by atoms with Crippen LogP contribution in [0.4, 0.5) is 0 Å². The molecule has 1 heterocycles. The van der Waals surface area contributed by atoms with Gasteiger partial charge >= 0.3 is 0 Å². The van der Waals surface area contributed by atoms with Gasteiger partial charge in [0.1, 0.15) is 17.3 Å². The highest BCUT2D eigenvalue weighted by Crippen LogP contribution is 2.41. The third-order valence-electron chi connectivity index (χ3n) is 6.22. The Hall–Kier alpha value is -3.03. The number of aliphatic hydroxyl groups is 1. The molecule has 188 valence electrons. The largest absolute Gasteiger partial charge is 0.507 e. The SMILES string of the molecule is CCOc1ccc(/C(O)=C2/C(=O)C(=O)N(CCCN(CC)CC)C2c2cccc(OC)c2)cc1Cl. The molecule has 1 aliphatic rings. The van der Waals surface area contributed by atoms with Crippen LogP contribution in [0.25, 0.3) is 5.76 Å². The number of hydrogen-bond donors (Lipinski definition) is 1. The number of halogens is 1. The number of likely N-dealkylation sites (tertiary alicyclic amines) is 1. The fourth-order valence-electron chi connectivity index (χ4n) is 4.35. The standard InChI is InChI=1S/C27H33ClN2O5/c1-5-29(6-2)14-9-15-30-24(18-10-8-11-20(16-18)34-4)23(26(32)27(30)33)25(31)19-12-13-22(35-7-3)21(28)17-19/h8,10-13,16-17,24,31H,5-7,9,14-15H2,1-4H3/b25-23-. The number of amides is 1. The Bertz CT molecular complexity index is 1100. The number of benzene rings is 2. The maximum Gasteiger partial charge on any atom is 0.295 e. The first-order valence-corrected chi connectivity index (χ1v) is 12.3. The summed E-state index contributed by atoms with van der Waals surface area (Å²) in [5.41, 5.74) is 1.06. The van der Waals surface area contributed by atoms with Crippen LogP contribution in [-0.4, -0.2) is 66.5 Å². The van der Waals surface area contributed by atoms with Crippen molar-refractivity contribution >= 4 is 29.1 Å². The molecule has 8 heteroatoms. The predicted octanol–water partition coefficient (Wildman–Crippen LogP) is 4.90. The van der Waals surface area contributed by atoms with Crippen LogP contribution in [0.3, 0.4) is 0 Å². The highest BCUT2D eigenvalue weighted by atomic mass is 35.5. The lowest BCUT2D eigenvalue weighted by Gasteiger charge is -2.27. The number of ketones is 1. The average Bonchev–Trinajstić information content (AvgIpc) is 3.12. The normalized spacial score (nSPS) is 17.3. The van der Waals surface area contributed by atoms with Gasteiger partial charge in [-0.15, -0.1) is 0 Å². The Morgan fingerprint density at radius 3 is 2.49 bits per heavy atom. The zero-order valence-corrected chi connectivity index (χ0v) is 21.5. The van der Waals surface area contributed by atoms with Gasteiger partial charge in [0, 0.05) is 12.1 Å². The van der Waals surface area contributed by atoms with Crippen LogP contribution in [0.1, 0.15) is 44.4 Å². The van der Waals surface area contributed by atoms with E-state index in [9.17, 15) is 14.7 Å². The minimum Gasteiger partial charge on any atom is -0.507 e. The first-order valence-electron chi connectivity index (χ1n) is 11.9. The van der Waals surface area contributed by atoms with Crippen molar-refractivity contribution in [1.82, 2.24) is 9.80 Å². The van der Waals surface area contributed by atoms with Crippen molar-refractivity contribution in [2.75, 3.05) is 39.9 Å². The second-order valence-corrected chi connectivity index (χ2v) is 8.63. The van der Waals surface area contributed by atoms with E-state index >= 15 is 0 Å². The average molecular weight is 501 g/mol. The summed E-state index contributed by atoms with van der Waals surface area (Å²) in [7, 11) is 1.56. The second kappa shape index (κ2) is 12.1. The molecule has 1 unspecified atom stereocenters. The van der Waals surface area contributed by atoms with E-state index in [1.807, 2.05) is 13.0 Å². The zero-order chi connectivity index (χ0) is 25.5. The lowest BCUT2D eigenvalue weighted by Crippen LogP contribution is -2.33. The summed E-state index contributed by atoms with van der Waals surface area (Å²) in [5, 5.41) is 11.6. The van der Waals surface area contributed by atoms with Gasteiger partial charge in [-0.2, -0.15) is 0 Å². The van der Waals surface area contributed by atoms with Crippen LogP contribution in [0.2, 0.25) is 5.02 Å². The van der Waals surface area contributed by atoms with Gasteiger partial charge < -0.3 is 24.4 Å². The van der Waals surface area contributed by atoms with Gasteiger partial charge in [0.05, 0.1) is 30.4 Å². The number of hydrogen-bond acceptors (Lipinski definition) is 6. The Morgan fingerprint density at radius 1 is 1.11 bits per heavy atom. The molecule has 3 rings (SSSR count). The van der Waals surface area contributed by atoms with Crippen LogP contribution in [0.15, 0.2) is 48.0 Å². The van der Waals surface area contributed by atoms with E-state index in [1.165, 1.54) is 6.07 Å². The Balaban J connectivity index is 2.06. The summed E-state index contributed by atoms with van der Waals surface area (Å²) in [6.45, 7) is 9.47. The molecule has 7 nitrogen and oxygen atoms in total. The van der Waals surface area contributed by atoms with Crippen molar-refractivity contribution in [3.05, 3.63) is 64.2 Å². The molecule has 0 aromatic heterocycles. The van der Waals surface area contributed by atoms with Gasteiger partial charge in [-0.05, 0) is 68.9 Å². The number of nitrogens with zero attached hydrogens (tertiary/aromatic N) is 2. The van der Waals surface area contributed by atoms with Gasteiger partial charge in [-0.1, -0.05) is 37.6 Å². The first kappa shape index (κ1) is 26.6. The molecule has 0 spiro atoms. The van der Waals surface area contributed by atoms with Gasteiger partial charge in [0.15, 0.2) is 0 Å². The second-order valence-electron chi connectivity index (χ2n) is 8.23. The third kappa shape index (κ3) is 5.80. The Labute approximate surface area is 211 Å². The molecule has 1 saturated heterocycles. The third-order valence-corrected chi connectivity index (χ3v) is 6.52. The minimum absolute atomic E-state index is 0.0336. The fraction of sp³-hybridized carbons (Fsp3) is 0.407.